The van der Waals surface area contributed by atoms with Crippen LogP contribution in [0, 0.1) is 19.3 Å². The predicted octanol–water partition coefficient (Wildman–Crippen LogP) is 3.97. The van der Waals surface area contributed by atoms with Crippen LogP contribution >= 0.6 is 0 Å². The summed E-state index contributed by atoms with van der Waals surface area (Å²) in [4.78, 5) is 0. The average molecular weight is 231 g/mol. The van der Waals surface area contributed by atoms with Crippen LogP contribution in [-0.2, 0) is 6.54 Å². The first-order valence-corrected chi connectivity index (χ1v) is 6.92. The molecule has 2 rings (SSSR count). The van der Waals surface area contributed by atoms with Gasteiger partial charge in [0, 0.05) is 13.1 Å². The normalized spacial score (nSPS) is 17.1. The van der Waals surface area contributed by atoms with E-state index in [9.17, 15) is 0 Å². The minimum Gasteiger partial charge on any atom is -0.312 e. The molecule has 0 saturated heterocycles. The van der Waals surface area contributed by atoms with Crippen LogP contribution in [-0.4, -0.2) is 6.54 Å². The molecule has 1 saturated carbocycles. The lowest BCUT2D eigenvalue weighted by Gasteiger charge is -2.15. The van der Waals surface area contributed by atoms with Gasteiger partial charge in [-0.2, -0.15) is 0 Å². The van der Waals surface area contributed by atoms with Gasteiger partial charge in [0.25, 0.3) is 0 Å². The summed E-state index contributed by atoms with van der Waals surface area (Å²) in [5.41, 5.74) is 4.88. The number of benzene rings is 1. The van der Waals surface area contributed by atoms with Gasteiger partial charge in [0.15, 0.2) is 0 Å². The van der Waals surface area contributed by atoms with Crippen molar-refractivity contribution in [2.45, 2.75) is 53.0 Å². The van der Waals surface area contributed by atoms with Crippen molar-refractivity contribution in [3.05, 3.63) is 34.9 Å². The minimum atomic E-state index is 0.660. The highest BCUT2D eigenvalue weighted by atomic mass is 14.9. The molecule has 94 valence electrons. The Kier molecular flexibility index (Phi) is 3.88. The van der Waals surface area contributed by atoms with Crippen LogP contribution in [0.4, 0.5) is 0 Å². The Morgan fingerprint density at radius 3 is 2.59 bits per heavy atom. The zero-order chi connectivity index (χ0) is 12.3. The Balaban J connectivity index is 1.82. The van der Waals surface area contributed by atoms with E-state index in [1.807, 2.05) is 0 Å². The molecular formula is C16H25N. The SMILES string of the molecule is CCCC1(CNCc2ccc(C)cc2C)CC1. The molecular weight excluding hydrogens is 206 g/mol. The molecule has 0 aromatic heterocycles. The largest absolute Gasteiger partial charge is 0.312 e. The molecule has 0 radical (unpaired) electrons. The van der Waals surface area contributed by atoms with Crippen LogP contribution in [0.15, 0.2) is 18.2 Å². The number of nitrogens with one attached hydrogen (secondary N) is 1. The van der Waals surface area contributed by atoms with E-state index in [0.717, 1.165) is 6.54 Å². The van der Waals surface area contributed by atoms with Crippen molar-refractivity contribution >= 4 is 0 Å². The van der Waals surface area contributed by atoms with E-state index in [2.05, 4.69) is 44.3 Å². The van der Waals surface area contributed by atoms with Gasteiger partial charge >= 0.3 is 0 Å². The maximum Gasteiger partial charge on any atom is 0.0208 e. The number of rotatable bonds is 6. The van der Waals surface area contributed by atoms with Crippen molar-refractivity contribution in [2.75, 3.05) is 6.54 Å². The van der Waals surface area contributed by atoms with Gasteiger partial charge in [0.1, 0.15) is 0 Å². The van der Waals surface area contributed by atoms with E-state index in [1.54, 1.807) is 0 Å². The maximum absolute atomic E-state index is 3.65. The van der Waals surface area contributed by atoms with E-state index >= 15 is 0 Å². The molecule has 0 atom stereocenters. The first kappa shape index (κ1) is 12.6. The molecule has 1 fully saturated rings. The summed E-state index contributed by atoms with van der Waals surface area (Å²) in [5.74, 6) is 0. The summed E-state index contributed by atoms with van der Waals surface area (Å²) >= 11 is 0. The lowest BCUT2D eigenvalue weighted by molar-refractivity contribution is 0.420. The van der Waals surface area contributed by atoms with Gasteiger partial charge in [-0.1, -0.05) is 37.1 Å². The van der Waals surface area contributed by atoms with Gasteiger partial charge in [-0.25, -0.2) is 0 Å². The maximum atomic E-state index is 3.65. The Morgan fingerprint density at radius 2 is 2.00 bits per heavy atom. The molecule has 0 heterocycles. The highest BCUT2D eigenvalue weighted by Crippen LogP contribution is 2.48. The van der Waals surface area contributed by atoms with Gasteiger partial charge < -0.3 is 5.32 Å². The van der Waals surface area contributed by atoms with E-state index in [0.29, 0.717) is 5.41 Å². The van der Waals surface area contributed by atoms with E-state index in [-0.39, 0.29) is 0 Å². The Labute approximate surface area is 106 Å². The third-order valence-electron chi connectivity index (χ3n) is 4.05. The van der Waals surface area contributed by atoms with Crippen molar-refractivity contribution in [1.29, 1.82) is 0 Å². The Bertz CT molecular complexity index is 377. The molecule has 1 aliphatic carbocycles. The molecule has 17 heavy (non-hydrogen) atoms. The summed E-state index contributed by atoms with van der Waals surface area (Å²) in [7, 11) is 0. The Hall–Kier alpha value is -0.820. The van der Waals surface area contributed by atoms with Crippen LogP contribution in [0.25, 0.3) is 0 Å². The highest BCUT2D eigenvalue weighted by molar-refractivity contribution is 5.30. The van der Waals surface area contributed by atoms with Gasteiger partial charge in [0.2, 0.25) is 0 Å². The molecule has 0 amide bonds. The molecule has 0 unspecified atom stereocenters. The second-order valence-electron chi connectivity index (χ2n) is 5.78. The van der Waals surface area contributed by atoms with Gasteiger partial charge in [0.05, 0.1) is 0 Å². The fourth-order valence-corrected chi connectivity index (χ4v) is 2.73. The molecule has 1 aromatic carbocycles. The standard InChI is InChI=1S/C16H25N/c1-4-7-16(8-9-16)12-17-11-15-6-5-13(2)10-14(15)3/h5-6,10,17H,4,7-9,11-12H2,1-3H3. The zero-order valence-electron chi connectivity index (χ0n) is 11.5. The molecule has 0 bridgehead atoms. The number of hydrogen-bond donors (Lipinski definition) is 1. The first-order valence-electron chi connectivity index (χ1n) is 6.92. The summed E-state index contributed by atoms with van der Waals surface area (Å²) in [6.07, 6.45) is 5.58. The van der Waals surface area contributed by atoms with Gasteiger partial charge in [-0.3, -0.25) is 0 Å². The van der Waals surface area contributed by atoms with Crippen molar-refractivity contribution in [2.24, 2.45) is 5.41 Å². The third-order valence-corrected chi connectivity index (χ3v) is 4.05. The van der Waals surface area contributed by atoms with Gasteiger partial charge in [-0.05, 0) is 49.7 Å². The van der Waals surface area contributed by atoms with Crippen LogP contribution < -0.4 is 5.32 Å². The highest BCUT2D eigenvalue weighted by Gasteiger charge is 2.40. The Morgan fingerprint density at radius 1 is 1.24 bits per heavy atom. The number of aryl methyl sites for hydroxylation is 2. The van der Waals surface area contributed by atoms with E-state index in [4.69, 9.17) is 0 Å². The topological polar surface area (TPSA) is 12.0 Å². The smallest absolute Gasteiger partial charge is 0.0208 e. The van der Waals surface area contributed by atoms with Crippen LogP contribution in [0.2, 0.25) is 0 Å². The zero-order valence-corrected chi connectivity index (χ0v) is 11.5. The molecule has 0 spiro atoms. The molecule has 1 aliphatic rings. The first-order chi connectivity index (χ1) is 8.15. The summed E-state index contributed by atoms with van der Waals surface area (Å²) < 4.78 is 0. The molecule has 0 aliphatic heterocycles. The molecule has 1 N–H and O–H groups in total. The molecule has 1 heteroatoms. The fourth-order valence-electron chi connectivity index (χ4n) is 2.73. The second-order valence-corrected chi connectivity index (χ2v) is 5.78. The van der Waals surface area contributed by atoms with Crippen LogP contribution in [0.5, 0.6) is 0 Å². The van der Waals surface area contributed by atoms with Crippen molar-refractivity contribution < 1.29 is 0 Å². The van der Waals surface area contributed by atoms with Gasteiger partial charge in [-0.15, -0.1) is 0 Å². The van der Waals surface area contributed by atoms with Crippen molar-refractivity contribution in [3.8, 4) is 0 Å². The second kappa shape index (κ2) is 5.22. The quantitative estimate of drug-likeness (QED) is 0.781. The van der Waals surface area contributed by atoms with E-state index in [1.165, 1.54) is 48.9 Å². The molecule has 1 aromatic rings. The summed E-state index contributed by atoms with van der Waals surface area (Å²) in [6, 6.07) is 6.75. The predicted molar refractivity (Wildman–Crippen MR) is 74.2 cm³/mol. The number of hydrogen-bond acceptors (Lipinski definition) is 1. The third kappa shape index (κ3) is 3.32. The van der Waals surface area contributed by atoms with Crippen molar-refractivity contribution in [3.63, 3.8) is 0 Å². The summed E-state index contributed by atoms with van der Waals surface area (Å²) in [6.45, 7) is 8.89. The lowest BCUT2D eigenvalue weighted by Crippen LogP contribution is -2.23. The summed E-state index contributed by atoms with van der Waals surface area (Å²) in [5, 5.41) is 3.65. The fraction of sp³-hybridized carbons (Fsp3) is 0.625. The minimum absolute atomic E-state index is 0.660. The van der Waals surface area contributed by atoms with Crippen LogP contribution in [0.1, 0.15) is 49.3 Å². The van der Waals surface area contributed by atoms with E-state index < -0.39 is 0 Å². The monoisotopic (exact) mass is 231 g/mol. The van der Waals surface area contributed by atoms with Crippen LogP contribution in [0.3, 0.4) is 0 Å². The lowest BCUT2D eigenvalue weighted by atomic mass is 10.0. The average Bonchev–Trinajstić information content (AvgIpc) is 3.02. The van der Waals surface area contributed by atoms with Crippen molar-refractivity contribution in [1.82, 2.24) is 5.32 Å². The molecule has 1 nitrogen and oxygen atoms in total.